The van der Waals surface area contributed by atoms with E-state index in [1.165, 1.54) is 38.5 Å². The van der Waals surface area contributed by atoms with Gasteiger partial charge in [0.15, 0.2) is 5.78 Å². The van der Waals surface area contributed by atoms with Crippen LogP contribution in [0.4, 0.5) is 0 Å². The van der Waals surface area contributed by atoms with Gasteiger partial charge < -0.3 is 25.0 Å². The van der Waals surface area contributed by atoms with Crippen molar-refractivity contribution < 1.29 is 25.2 Å². The minimum atomic E-state index is -1.18. The summed E-state index contributed by atoms with van der Waals surface area (Å²) >= 11 is 0. The number of carbonyl (C=O) groups excluding carboxylic acids is 1. The molecule has 0 radical (unpaired) electrons. The van der Waals surface area contributed by atoms with Crippen LogP contribution in [-0.4, -0.2) is 71.2 Å². The second-order valence-electron chi connectivity index (χ2n) is 20.9. The molecule has 55 heavy (non-hydrogen) atoms. The summed E-state index contributed by atoms with van der Waals surface area (Å²) in [7, 11) is 3.81. The lowest BCUT2D eigenvalue weighted by atomic mass is 9.44. The zero-order valence-corrected chi connectivity index (χ0v) is 35.1. The number of hydrogen-bond acceptors (Lipinski definition) is 8. The van der Waals surface area contributed by atoms with Crippen molar-refractivity contribution in [2.75, 3.05) is 11.5 Å². The van der Waals surface area contributed by atoms with Crippen LogP contribution in [0.3, 0.4) is 0 Å². The van der Waals surface area contributed by atoms with Crippen molar-refractivity contribution in [1.29, 1.82) is 0 Å². The Morgan fingerprint density at radius 2 is 1.67 bits per heavy atom. The van der Waals surface area contributed by atoms with E-state index in [1.807, 2.05) is 40.2 Å². The van der Waals surface area contributed by atoms with Gasteiger partial charge in [0.1, 0.15) is 0 Å². The van der Waals surface area contributed by atoms with Crippen LogP contribution in [0.2, 0.25) is 0 Å². The molecule has 0 aromatic carbocycles. The minimum absolute atomic E-state index is 0.0145. The van der Waals surface area contributed by atoms with Crippen molar-refractivity contribution in [3.63, 3.8) is 0 Å². The van der Waals surface area contributed by atoms with Gasteiger partial charge in [-0.3, -0.25) is 4.79 Å². The zero-order chi connectivity index (χ0) is 38.2. The van der Waals surface area contributed by atoms with Crippen LogP contribution in [0.15, 0.2) is 52.7 Å². The molecule has 300 valence electrons. The number of rotatable bonds is 1. The smallest absolute Gasteiger partial charge is 0.159 e. The van der Waals surface area contributed by atoms with E-state index in [9.17, 15) is 25.2 Å². The molecule has 4 bridgehead atoms. The predicted molar refractivity (Wildman–Crippen MR) is 219 cm³/mol. The van der Waals surface area contributed by atoms with Gasteiger partial charge in [-0.2, -0.15) is 0 Å². The summed E-state index contributed by atoms with van der Waals surface area (Å²) in [6, 6.07) is 0.245. The van der Waals surface area contributed by atoms with E-state index in [0.717, 1.165) is 55.6 Å². The molecule has 7 nitrogen and oxygen atoms in total. The maximum absolute atomic E-state index is 14.2. The van der Waals surface area contributed by atoms with Crippen molar-refractivity contribution in [2.45, 2.75) is 148 Å². The number of nitrogens with zero attached hydrogens (tertiary/aromatic N) is 2. The number of carbonyl (C=O) groups is 1. The van der Waals surface area contributed by atoms with Crippen molar-refractivity contribution >= 4 is 27.4 Å². The van der Waals surface area contributed by atoms with Gasteiger partial charge in [-0.15, -0.1) is 0 Å². The van der Waals surface area contributed by atoms with Crippen LogP contribution >= 0.6 is 21.6 Å². The van der Waals surface area contributed by atoms with Gasteiger partial charge in [-0.05, 0) is 130 Å². The Kier molecular flexibility index (Phi) is 9.18. The lowest BCUT2D eigenvalue weighted by Crippen LogP contribution is -2.63. The number of fused-ring (bicyclic) bond motifs is 13. The molecule has 1 saturated heterocycles. The molecule has 0 amide bonds. The van der Waals surface area contributed by atoms with Gasteiger partial charge in [0.2, 0.25) is 0 Å². The van der Waals surface area contributed by atoms with E-state index in [2.05, 4.69) is 43.4 Å². The molecule has 5 saturated carbocycles. The number of ketones is 1. The van der Waals surface area contributed by atoms with Crippen LogP contribution in [-0.2, 0) is 4.79 Å². The van der Waals surface area contributed by atoms with Crippen molar-refractivity contribution in [2.24, 2.45) is 63.6 Å². The normalized spacial score (nSPS) is 49.2. The van der Waals surface area contributed by atoms with E-state index in [-0.39, 0.29) is 59.2 Å². The fourth-order valence-electron chi connectivity index (χ4n) is 15.8. The SMILES string of the molecule is CC1(C)C[C@H](n2ccnc2)CSSC[C@@H]2C[C@H]([C@@H]3C[C@@H]4CCCC5=C4[C@H](C1=C1CCCC[C@@H]51)[C@H]3O)[C@@]1(C)CC[C@H]3C(=CC(=O)[C@@H]4C[C@@H](O)[C@@H](O)C[C@@]43C)[C@]21O. The molecule has 1 aliphatic heterocycles. The molecule has 9 heteroatoms. The summed E-state index contributed by atoms with van der Waals surface area (Å²) in [5.74, 6) is 2.60. The summed E-state index contributed by atoms with van der Waals surface area (Å²) in [6.45, 7) is 9.47. The maximum Gasteiger partial charge on any atom is 0.159 e. The first-order chi connectivity index (χ1) is 26.3. The summed E-state index contributed by atoms with van der Waals surface area (Å²) in [4.78, 5) is 18.7. The third-order valence-corrected chi connectivity index (χ3v) is 20.7. The van der Waals surface area contributed by atoms with E-state index < -0.39 is 34.7 Å². The molecule has 15 atom stereocenters. The third-order valence-electron chi connectivity index (χ3n) is 18.1. The Bertz CT molecular complexity index is 1820. The molecule has 6 fully saturated rings. The summed E-state index contributed by atoms with van der Waals surface area (Å²) in [5, 5.41) is 49.0. The third kappa shape index (κ3) is 5.36. The number of aromatic nitrogens is 2. The van der Waals surface area contributed by atoms with E-state index in [0.29, 0.717) is 18.3 Å². The Balaban J connectivity index is 1.12. The number of aliphatic hydroxyl groups excluding tert-OH is 3. The number of allylic oxidation sites excluding steroid dienone is 3. The highest BCUT2D eigenvalue weighted by molar-refractivity contribution is 8.76. The van der Waals surface area contributed by atoms with Crippen LogP contribution in [0.5, 0.6) is 0 Å². The van der Waals surface area contributed by atoms with Crippen molar-refractivity contribution in [3.8, 4) is 0 Å². The van der Waals surface area contributed by atoms with Crippen LogP contribution in [0, 0.1) is 63.6 Å². The summed E-state index contributed by atoms with van der Waals surface area (Å²) in [6.07, 6.45) is 19.4. The zero-order valence-electron chi connectivity index (χ0n) is 33.5. The van der Waals surface area contributed by atoms with Gasteiger partial charge in [-0.1, -0.05) is 78.0 Å². The largest absolute Gasteiger partial charge is 0.392 e. The second kappa shape index (κ2) is 13.3. The average Bonchev–Trinajstić information content (AvgIpc) is 3.77. The van der Waals surface area contributed by atoms with Gasteiger partial charge >= 0.3 is 0 Å². The maximum atomic E-state index is 14.2. The lowest BCUT2D eigenvalue weighted by molar-refractivity contribution is -0.160. The highest BCUT2D eigenvalue weighted by atomic mass is 33.1. The molecule has 4 N–H and O–H groups in total. The average molecular weight is 789 g/mol. The summed E-state index contributed by atoms with van der Waals surface area (Å²) in [5.41, 5.74) is 5.18. The molecule has 0 unspecified atom stereocenters. The first-order valence-corrected chi connectivity index (χ1v) is 24.5. The summed E-state index contributed by atoms with van der Waals surface area (Å²) < 4.78 is 2.31. The van der Waals surface area contributed by atoms with E-state index in [4.69, 9.17) is 0 Å². The topological polar surface area (TPSA) is 116 Å². The fraction of sp³-hybridized carbons (Fsp3) is 0.783. The van der Waals surface area contributed by atoms with Gasteiger partial charge in [0.25, 0.3) is 0 Å². The standard InChI is InChI=1S/C46H64N2O5S2/c1-43(2)20-27(48-15-14-47-24-48)23-55-54-22-26-17-33(31-16-25-8-7-11-29-28-9-5-6-10-30(28)41(43)40(39(25)29)42(31)52)45(4)13-12-32-34(46(26,45)53)18-36(49)35-19-37(50)38(51)21-44(32,35)3/h14-15,18,24-28,31-33,35,37-38,40,42,50-53H,5-13,16-17,19-23H2,1-4H3/t25-,26-,27-,28-,31-,32-,33+,35-,37+,38-,40+,42-,44+,45+,46+/m0/s1. The second-order valence-corrected chi connectivity index (χ2v) is 23.5. The lowest BCUT2D eigenvalue weighted by Gasteiger charge is -2.62. The Labute approximate surface area is 336 Å². The van der Waals surface area contributed by atoms with Crippen LogP contribution in [0.25, 0.3) is 0 Å². The van der Waals surface area contributed by atoms with E-state index >= 15 is 0 Å². The Morgan fingerprint density at radius 3 is 2.47 bits per heavy atom. The van der Waals surface area contributed by atoms with E-state index in [1.54, 1.807) is 22.3 Å². The highest BCUT2D eigenvalue weighted by Crippen LogP contribution is 2.72. The number of aliphatic hydroxyl groups is 4. The minimum Gasteiger partial charge on any atom is -0.392 e. The molecule has 1 aromatic rings. The quantitative estimate of drug-likeness (QED) is 0.166. The van der Waals surface area contributed by atoms with Gasteiger partial charge in [0.05, 0.1) is 30.2 Å². The highest BCUT2D eigenvalue weighted by Gasteiger charge is 2.71. The molecular weight excluding hydrogens is 725 g/mol. The molecule has 8 aliphatic carbocycles. The number of imidazole rings is 1. The van der Waals surface area contributed by atoms with Crippen molar-refractivity contribution in [3.05, 3.63) is 52.7 Å². The number of hydrogen-bond donors (Lipinski definition) is 4. The molecule has 10 rings (SSSR count). The van der Waals surface area contributed by atoms with Crippen molar-refractivity contribution in [1.82, 2.24) is 9.55 Å². The molecule has 2 heterocycles. The molecule has 0 spiro atoms. The van der Waals surface area contributed by atoms with Crippen LogP contribution < -0.4 is 0 Å². The Morgan fingerprint density at radius 1 is 0.873 bits per heavy atom. The van der Waals surface area contributed by atoms with Gasteiger partial charge in [-0.25, -0.2) is 4.98 Å². The molecule has 9 aliphatic rings. The first kappa shape index (κ1) is 37.9. The predicted octanol–water partition coefficient (Wildman–Crippen LogP) is 8.26. The molecular formula is C46H64N2O5S2. The first-order valence-electron chi connectivity index (χ1n) is 22.0. The Hall–Kier alpha value is -1.36. The van der Waals surface area contributed by atoms with Gasteiger partial charge in [0, 0.05) is 59.0 Å². The monoisotopic (exact) mass is 788 g/mol. The molecule has 1 aromatic heterocycles. The van der Waals surface area contributed by atoms with Crippen LogP contribution in [0.1, 0.15) is 124 Å². The fourth-order valence-corrected chi connectivity index (χ4v) is 18.5.